The molecule has 0 bridgehead atoms. The van der Waals surface area contributed by atoms with Crippen molar-refractivity contribution in [2.45, 2.75) is 6.18 Å². The van der Waals surface area contributed by atoms with Crippen molar-refractivity contribution in [1.29, 1.82) is 5.41 Å². The van der Waals surface area contributed by atoms with E-state index in [1.165, 1.54) is 0 Å². The van der Waals surface area contributed by atoms with Crippen molar-refractivity contribution >= 4 is 17.6 Å². The number of imide groups is 1. The molecule has 0 saturated heterocycles. The van der Waals surface area contributed by atoms with Gasteiger partial charge in [-0.05, 0) is 0 Å². The van der Waals surface area contributed by atoms with Crippen LogP contribution in [-0.4, -0.2) is 23.8 Å². The van der Waals surface area contributed by atoms with E-state index >= 15 is 0 Å². The van der Waals surface area contributed by atoms with Gasteiger partial charge in [0.25, 0.3) is 5.91 Å². The number of nitrogens with two attached hydrogens (primary N) is 1. The lowest BCUT2D eigenvalue weighted by atomic mass is 10.3. The molecule has 0 heterocycles. The fourth-order valence-electron chi connectivity index (χ4n) is 0.303. The van der Waals surface area contributed by atoms with Crippen molar-refractivity contribution in [2.24, 2.45) is 5.73 Å². The Morgan fingerprint density at radius 3 is 2.00 bits per heavy atom. The van der Waals surface area contributed by atoms with Gasteiger partial charge in [0.15, 0.2) is 0 Å². The van der Waals surface area contributed by atoms with E-state index in [0.717, 1.165) is 5.32 Å². The maximum absolute atomic E-state index is 11.5. The minimum atomic E-state index is -5.07. The minimum Gasteiger partial charge on any atom is -0.351 e. The Balaban J connectivity index is 4.32. The third kappa shape index (κ3) is 2.99. The van der Waals surface area contributed by atoms with Crippen molar-refractivity contribution in [2.75, 3.05) is 0 Å². The summed E-state index contributed by atoms with van der Waals surface area (Å²) >= 11 is 0. The maximum atomic E-state index is 11.5. The predicted molar refractivity (Wildman–Crippen MR) is 31.5 cm³/mol. The van der Waals surface area contributed by atoms with E-state index in [-0.39, 0.29) is 0 Å². The average Bonchev–Trinajstić information content (AvgIpc) is 1.82. The fourth-order valence-corrected chi connectivity index (χ4v) is 0.303. The Morgan fingerprint density at radius 2 is 1.75 bits per heavy atom. The van der Waals surface area contributed by atoms with Crippen molar-refractivity contribution < 1.29 is 22.8 Å². The second-order valence-electron chi connectivity index (χ2n) is 1.69. The molecule has 0 fully saturated rings. The smallest absolute Gasteiger partial charge is 0.351 e. The first-order valence-electron chi connectivity index (χ1n) is 2.51. The van der Waals surface area contributed by atoms with Gasteiger partial charge in [0.2, 0.25) is 5.71 Å². The van der Waals surface area contributed by atoms with E-state index in [0.29, 0.717) is 0 Å². The van der Waals surface area contributed by atoms with Crippen LogP contribution in [0.5, 0.6) is 0 Å². The van der Waals surface area contributed by atoms with Crippen LogP contribution >= 0.6 is 0 Å². The molecule has 0 aliphatic carbocycles. The van der Waals surface area contributed by atoms with E-state index in [1.807, 2.05) is 0 Å². The lowest BCUT2D eigenvalue weighted by molar-refractivity contribution is -0.118. The summed E-state index contributed by atoms with van der Waals surface area (Å²) < 4.78 is 34.5. The third-order valence-corrected chi connectivity index (χ3v) is 0.747. The van der Waals surface area contributed by atoms with Crippen LogP contribution in [0.3, 0.4) is 0 Å². The molecule has 0 aromatic heterocycles. The van der Waals surface area contributed by atoms with Gasteiger partial charge < -0.3 is 5.73 Å². The minimum absolute atomic E-state index is 1.10. The van der Waals surface area contributed by atoms with Crippen LogP contribution in [0.15, 0.2) is 0 Å². The molecule has 0 aliphatic heterocycles. The van der Waals surface area contributed by atoms with Crippen molar-refractivity contribution in [3.8, 4) is 0 Å². The van der Waals surface area contributed by atoms with E-state index in [4.69, 9.17) is 5.41 Å². The van der Waals surface area contributed by atoms with Crippen LogP contribution in [0, 0.1) is 5.41 Å². The SMILES string of the molecule is N=C(C(=O)NC(N)=O)C(F)(F)F. The molecule has 4 N–H and O–H groups in total. The highest BCUT2D eigenvalue weighted by atomic mass is 19.4. The first-order valence-corrected chi connectivity index (χ1v) is 2.51. The lowest BCUT2D eigenvalue weighted by Crippen LogP contribution is -2.44. The molecular formula is C4H4F3N3O2. The van der Waals surface area contributed by atoms with Crippen LogP contribution in [0.4, 0.5) is 18.0 Å². The second kappa shape index (κ2) is 3.20. The molecule has 0 spiro atoms. The zero-order valence-corrected chi connectivity index (χ0v) is 5.53. The van der Waals surface area contributed by atoms with Crippen LogP contribution in [0.2, 0.25) is 0 Å². The van der Waals surface area contributed by atoms with Crippen molar-refractivity contribution in [3.05, 3.63) is 0 Å². The Kier molecular flexibility index (Phi) is 2.77. The largest absolute Gasteiger partial charge is 0.438 e. The van der Waals surface area contributed by atoms with E-state index in [9.17, 15) is 22.8 Å². The number of hydrogen-bond donors (Lipinski definition) is 3. The normalized spacial score (nSPS) is 10.6. The van der Waals surface area contributed by atoms with Gasteiger partial charge in [-0.2, -0.15) is 13.2 Å². The molecule has 0 aliphatic rings. The summed E-state index contributed by atoms with van der Waals surface area (Å²) in [6.45, 7) is 0. The highest BCUT2D eigenvalue weighted by Gasteiger charge is 2.39. The summed E-state index contributed by atoms with van der Waals surface area (Å²) in [5, 5.41) is 7.30. The third-order valence-electron chi connectivity index (χ3n) is 0.747. The molecule has 5 nitrogen and oxygen atoms in total. The van der Waals surface area contributed by atoms with Gasteiger partial charge in [-0.15, -0.1) is 0 Å². The molecular weight excluding hydrogens is 179 g/mol. The van der Waals surface area contributed by atoms with Gasteiger partial charge in [0.05, 0.1) is 0 Å². The van der Waals surface area contributed by atoms with E-state index < -0.39 is 23.8 Å². The number of carbonyl (C=O) groups is 2. The van der Waals surface area contributed by atoms with Gasteiger partial charge in [-0.25, -0.2) is 4.79 Å². The Bertz CT molecular complexity index is 234. The summed E-state index contributed by atoms with van der Waals surface area (Å²) in [6.07, 6.45) is -5.07. The van der Waals surface area contributed by atoms with Crippen LogP contribution in [-0.2, 0) is 4.79 Å². The molecule has 8 heteroatoms. The Labute approximate surface area is 64.2 Å². The number of hydrogen-bond acceptors (Lipinski definition) is 3. The highest BCUT2D eigenvalue weighted by molar-refractivity contribution is 6.41. The van der Waals surface area contributed by atoms with Crippen LogP contribution in [0.1, 0.15) is 0 Å². The Morgan fingerprint density at radius 1 is 1.33 bits per heavy atom. The number of alkyl halides is 3. The van der Waals surface area contributed by atoms with Crippen LogP contribution < -0.4 is 11.1 Å². The van der Waals surface area contributed by atoms with Gasteiger partial charge in [0.1, 0.15) is 0 Å². The first-order chi connectivity index (χ1) is 5.25. The van der Waals surface area contributed by atoms with Crippen molar-refractivity contribution in [3.63, 3.8) is 0 Å². The number of urea groups is 1. The number of rotatable bonds is 1. The number of nitrogens with one attached hydrogen (secondary N) is 2. The molecule has 0 saturated carbocycles. The monoisotopic (exact) mass is 183 g/mol. The molecule has 0 unspecified atom stereocenters. The van der Waals surface area contributed by atoms with Crippen molar-refractivity contribution in [1.82, 2.24) is 5.32 Å². The maximum Gasteiger partial charge on any atom is 0.438 e. The van der Waals surface area contributed by atoms with Crippen LogP contribution in [0.25, 0.3) is 0 Å². The molecule has 68 valence electrons. The predicted octanol–water partition coefficient (Wildman–Crippen LogP) is -0.237. The number of amides is 3. The molecule has 0 rings (SSSR count). The summed E-state index contributed by atoms with van der Waals surface area (Å²) in [6, 6.07) is -1.44. The van der Waals surface area contributed by atoms with Gasteiger partial charge in [0, 0.05) is 0 Å². The second-order valence-corrected chi connectivity index (χ2v) is 1.69. The number of carbonyl (C=O) groups excluding carboxylic acids is 2. The number of primary amides is 1. The molecule has 0 aromatic rings. The van der Waals surface area contributed by atoms with Gasteiger partial charge >= 0.3 is 12.2 Å². The highest BCUT2D eigenvalue weighted by Crippen LogP contribution is 2.15. The fraction of sp³-hybridized carbons (Fsp3) is 0.250. The van der Waals surface area contributed by atoms with Gasteiger partial charge in [-0.3, -0.25) is 15.5 Å². The summed E-state index contributed by atoms with van der Waals surface area (Å²) in [5.41, 5.74) is 2.17. The molecule has 0 radical (unpaired) electrons. The molecule has 0 atom stereocenters. The summed E-state index contributed by atoms with van der Waals surface area (Å²) in [5.74, 6) is -1.87. The van der Waals surface area contributed by atoms with E-state index in [1.54, 1.807) is 0 Å². The lowest BCUT2D eigenvalue weighted by Gasteiger charge is -2.05. The summed E-state index contributed by atoms with van der Waals surface area (Å²) in [7, 11) is 0. The number of halogens is 3. The summed E-state index contributed by atoms with van der Waals surface area (Å²) in [4.78, 5) is 20.1. The van der Waals surface area contributed by atoms with Gasteiger partial charge in [-0.1, -0.05) is 0 Å². The molecule has 12 heavy (non-hydrogen) atoms. The molecule has 3 amide bonds. The first kappa shape index (κ1) is 10.4. The average molecular weight is 183 g/mol. The standard InChI is InChI=1S/C4H4F3N3O2/c5-4(6,7)1(8)2(11)10-3(9)12/h8H,(H3,9,10,11,12). The molecule has 0 aromatic carbocycles. The quantitative estimate of drug-likeness (QED) is 0.489. The zero-order valence-electron chi connectivity index (χ0n) is 5.53. The zero-order chi connectivity index (χ0) is 9.94. The topological polar surface area (TPSA) is 96.0 Å². The van der Waals surface area contributed by atoms with E-state index in [2.05, 4.69) is 5.73 Å². The Hall–Kier alpha value is -1.60.